The third kappa shape index (κ3) is 7.24. The van der Waals surface area contributed by atoms with E-state index in [9.17, 15) is 23.3 Å². The summed E-state index contributed by atoms with van der Waals surface area (Å²) in [6, 6.07) is 10.8. The highest BCUT2D eigenvalue weighted by molar-refractivity contribution is 7.80. The van der Waals surface area contributed by atoms with Gasteiger partial charge in [-0.05, 0) is 62.1 Å². The van der Waals surface area contributed by atoms with E-state index in [1.54, 1.807) is 0 Å². The van der Waals surface area contributed by atoms with Gasteiger partial charge in [-0.25, -0.2) is 0 Å². The summed E-state index contributed by atoms with van der Waals surface area (Å²) in [7, 11) is 0. The van der Waals surface area contributed by atoms with Gasteiger partial charge in [0, 0.05) is 54.7 Å². The number of anilines is 2. The number of alkyl halides is 3. The van der Waals surface area contributed by atoms with Crippen LogP contribution in [0.15, 0.2) is 42.5 Å². The van der Waals surface area contributed by atoms with Gasteiger partial charge >= 0.3 is 6.18 Å². The van der Waals surface area contributed by atoms with E-state index in [1.165, 1.54) is 6.07 Å². The van der Waals surface area contributed by atoms with Crippen molar-refractivity contribution in [2.75, 3.05) is 43.0 Å². The molecule has 0 spiro atoms. The third-order valence-corrected chi connectivity index (χ3v) is 7.44. The Morgan fingerprint density at radius 3 is 2.32 bits per heavy atom. The average molecular weight is 557 g/mol. The summed E-state index contributed by atoms with van der Waals surface area (Å²) in [6.45, 7) is 3.72. The first kappa shape index (κ1) is 27.4. The molecular weight excluding hydrogens is 529 g/mol. The van der Waals surface area contributed by atoms with Gasteiger partial charge in [-0.2, -0.15) is 13.2 Å². The predicted molar refractivity (Wildman–Crippen MR) is 142 cm³/mol. The molecule has 1 N–H and O–H groups in total. The van der Waals surface area contributed by atoms with Gasteiger partial charge in [-0.1, -0.05) is 23.8 Å². The van der Waals surface area contributed by atoms with Crippen LogP contribution in [0.3, 0.4) is 0 Å². The van der Waals surface area contributed by atoms with Crippen LogP contribution in [0.2, 0.25) is 5.02 Å². The second-order valence-corrected chi connectivity index (χ2v) is 10.2. The molecule has 1 aliphatic heterocycles. The highest BCUT2D eigenvalue weighted by atomic mass is 35.5. The van der Waals surface area contributed by atoms with Crippen LogP contribution in [0.4, 0.5) is 30.2 Å². The lowest BCUT2D eigenvalue weighted by molar-refractivity contribution is -0.388. The van der Waals surface area contributed by atoms with Crippen LogP contribution in [-0.4, -0.2) is 59.7 Å². The number of nitrogens with zero attached hydrogens (tertiary/aromatic N) is 3. The maximum Gasteiger partial charge on any atom is 0.423 e. The van der Waals surface area contributed by atoms with Crippen LogP contribution in [0, 0.1) is 10.1 Å². The third-order valence-electron chi connectivity index (χ3n) is 6.81. The number of hydrogen-bond donors (Lipinski definition) is 1. The number of nitrogens with one attached hydrogen (secondary N) is 1. The Bertz CT molecular complexity index is 1100. The fourth-order valence-electron chi connectivity index (χ4n) is 4.77. The zero-order valence-corrected chi connectivity index (χ0v) is 21.6. The van der Waals surface area contributed by atoms with E-state index in [1.807, 2.05) is 24.3 Å². The number of hydrogen-bond acceptors (Lipinski definition) is 6. The number of nitro benzene ring substituents is 1. The second kappa shape index (κ2) is 11.8. The molecule has 1 saturated carbocycles. The molecule has 0 amide bonds. The van der Waals surface area contributed by atoms with Crippen molar-refractivity contribution in [3.8, 4) is 0 Å². The molecule has 2 aliphatic rings. The molecule has 1 aliphatic carbocycles. The fraction of sp³-hybridized carbons (Fsp3) is 0.480. The summed E-state index contributed by atoms with van der Waals surface area (Å²) in [5.41, 5.74) is -0.833. The first-order valence-electron chi connectivity index (χ1n) is 12.1. The van der Waals surface area contributed by atoms with Crippen molar-refractivity contribution in [3.63, 3.8) is 0 Å². The molecule has 0 radical (unpaired) electrons. The largest absolute Gasteiger partial charge is 0.423 e. The highest BCUT2D eigenvalue weighted by Gasteiger charge is 2.38. The van der Waals surface area contributed by atoms with E-state index in [-0.39, 0.29) is 17.8 Å². The van der Waals surface area contributed by atoms with Crippen molar-refractivity contribution in [3.05, 3.63) is 63.2 Å². The van der Waals surface area contributed by atoms with Crippen LogP contribution in [-0.2, 0) is 10.9 Å². The molecular formula is C25H28ClF3N4O3S. The number of benzene rings is 2. The molecule has 2 aromatic rings. The second-order valence-electron chi connectivity index (χ2n) is 9.26. The summed E-state index contributed by atoms with van der Waals surface area (Å²) in [5.74, 6) is 0. The predicted octanol–water partition coefficient (Wildman–Crippen LogP) is 6.16. The molecule has 1 saturated heterocycles. The molecule has 37 heavy (non-hydrogen) atoms. The minimum Gasteiger partial charge on any atom is -0.382 e. The number of thiocarbonyl (C=S) groups is 1. The molecule has 2 fully saturated rings. The van der Waals surface area contributed by atoms with Crippen molar-refractivity contribution in [1.29, 1.82) is 0 Å². The highest BCUT2D eigenvalue weighted by Crippen LogP contribution is 2.38. The number of piperazine rings is 1. The minimum atomic E-state index is -4.80. The normalized spacial score (nSPS) is 20.5. The first-order valence-corrected chi connectivity index (χ1v) is 12.9. The topological polar surface area (TPSA) is 70.9 Å². The minimum absolute atomic E-state index is 0.0321. The summed E-state index contributed by atoms with van der Waals surface area (Å²) in [5, 5.41) is 14.8. The van der Waals surface area contributed by atoms with Crippen molar-refractivity contribution >= 4 is 45.9 Å². The van der Waals surface area contributed by atoms with Crippen LogP contribution in [0.25, 0.3) is 0 Å². The Hall–Kier alpha value is -2.63. The van der Waals surface area contributed by atoms with Crippen LogP contribution in [0.1, 0.15) is 31.2 Å². The Balaban J connectivity index is 1.20. The Morgan fingerprint density at radius 1 is 1.08 bits per heavy atom. The fourth-order valence-corrected chi connectivity index (χ4v) is 5.14. The van der Waals surface area contributed by atoms with Crippen LogP contribution >= 0.6 is 23.8 Å². The van der Waals surface area contributed by atoms with E-state index in [4.69, 9.17) is 28.6 Å². The monoisotopic (exact) mass is 556 g/mol. The SMILES string of the molecule is O=[N+]([O-])c1ccc(N[C@H]2CC[C@H](OCC(=S)N3CCN(c4ccc(Cl)cc4)CC3)CC2)cc1C(F)(F)F. The number of nitro groups is 1. The molecule has 0 atom stereocenters. The summed E-state index contributed by atoms with van der Waals surface area (Å²) in [6.07, 6.45) is -1.82. The van der Waals surface area contributed by atoms with E-state index in [0.717, 1.165) is 74.7 Å². The quantitative estimate of drug-likeness (QED) is 0.249. The Labute approximate surface area is 223 Å². The summed E-state index contributed by atoms with van der Waals surface area (Å²) < 4.78 is 45.8. The van der Waals surface area contributed by atoms with E-state index in [2.05, 4.69) is 15.1 Å². The van der Waals surface area contributed by atoms with Gasteiger partial charge in [0.25, 0.3) is 5.69 Å². The van der Waals surface area contributed by atoms with Crippen molar-refractivity contribution < 1.29 is 22.8 Å². The number of halogens is 4. The molecule has 0 bridgehead atoms. The molecule has 1 heterocycles. The summed E-state index contributed by atoms with van der Waals surface area (Å²) >= 11 is 11.6. The lowest BCUT2D eigenvalue weighted by atomic mass is 9.92. The average Bonchev–Trinajstić information content (AvgIpc) is 2.88. The zero-order chi connectivity index (χ0) is 26.6. The standard InChI is InChI=1S/C25H28ClF3N4O3S/c26-17-1-6-20(7-2-17)31-11-13-32(14-12-31)24(37)16-36-21-8-3-18(4-9-21)30-19-5-10-23(33(34)35)22(15-19)25(27,28)29/h1-2,5-7,10,15,18,21,30H,3-4,8-9,11-14,16H2/t18-,21-. The van der Waals surface area contributed by atoms with Gasteiger partial charge in [0.1, 0.15) is 10.6 Å². The van der Waals surface area contributed by atoms with Gasteiger partial charge in [-0.3, -0.25) is 10.1 Å². The Morgan fingerprint density at radius 2 is 1.73 bits per heavy atom. The van der Waals surface area contributed by atoms with Gasteiger partial charge in [0.05, 0.1) is 17.6 Å². The van der Waals surface area contributed by atoms with Gasteiger partial charge in [0.15, 0.2) is 0 Å². The van der Waals surface area contributed by atoms with Gasteiger partial charge in [-0.15, -0.1) is 0 Å². The summed E-state index contributed by atoms with van der Waals surface area (Å²) in [4.78, 5) is 15.2. The number of ether oxygens (including phenoxy) is 1. The molecule has 200 valence electrons. The molecule has 12 heteroatoms. The van der Waals surface area contributed by atoms with E-state index in [0.29, 0.717) is 11.6 Å². The van der Waals surface area contributed by atoms with Crippen molar-refractivity contribution in [2.45, 2.75) is 44.0 Å². The van der Waals surface area contributed by atoms with E-state index >= 15 is 0 Å². The molecule has 0 aromatic heterocycles. The molecule has 0 unspecified atom stereocenters. The maximum absolute atomic E-state index is 13.2. The molecule has 4 rings (SSSR count). The zero-order valence-electron chi connectivity index (χ0n) is 20.0. The van der Waals surface area contributed by atoms with Crippen LogP contribution in [0.5, 0.6) is 0 Å². The first-order chi connectivity index (χ1) is 17.6. The van der Waals surface area contributed by atoms with Crippen molar-refractivity contribution in [1.82, 2.24) is 4.90 Å². The molecule has 2 aromatic carbocycles. The Kier molecular flexibility index (Phi) is 8.76. The number of rotatable bonds is 7. The van der Waals surface area contributed by atoms with Crippen LogP contribution < -0.4 is 10.2 Å². The van der Waals surface area contributed by atoms with E-state index < -0.39 is 22.4 Å². The lowest BCUT2D eigenvalue weighted by Gasteiger charge is -2.38. The van der Waals surface area contributed by atoms with Gasteiger partial charge in [0.2, 0.25) is 0 Å². The smallest absolute Gasteiger partial charge is 0.382 e. The van der Waals surface area contributed by atoms with Crippen molar-refractivity contribution in [2.24, 2.45) is 0 Å². The van der Waals surface area contributed by atoms with Gasteiger partial charge < -0.3 is 19.9 Å². The molecule has 7 nitrogen and oxygen atoms in total. The lowest BCUT2D eigenvalue weighted by Crippen LogP contribution is -2.49. The maximum atomic E-state index is 13.2.